The van der Waals surface area contributed by atoms with Crippen molar-refractivity contribution in [1.29, 1.82) is 0 Å². The Hall–Kier alpha value is -1.04. The summed E-state index contributed by atoms with van der Waals surface area (Å²) in [6, 6.07) is 6.86. The maximum Gasteiger partial charge on any atom is 0.00728 e. The zero-order valence-electron chi connectivity index (χ0n) is 11.5. The Morgan fingerprint density at radius 3 is 1.88 bits per heavy atom. The number of hydrogen-bond donors (Lipinski definition) is 0. The molecule has 0 aliphatic carbocycles. The van der Waals surface area contributed by atoms with Crippen LogP contribution in [0, 0.1) is 6.92 Å². The number of rotatable bonds is 2. The smallest absolute Gasteiger partial charge is 0.00728 e. The third-order valence-electron chi connectivity index (χ3n) is 3.20. The molecular formula is C16H24. The second kappa shape index (κ2) is 4.08. The van der Waals surface area contributed by atoms with Crippen molar-refractivity contribution in [1.82, 2.24) is 0 Å². The Morgan fingerprint density at radius 1 is 0.938 bits per heavy atom. The monoisotopic (exact) mass is 216 g/mol. The number of hydrogen-bond acceptors (Lipinski definition) is 0. The van der Waals surface area contributed by atoms with Gasteiger partial charge in [-0.15, -0.1) is 6.58 Å². The van der Waals surface area contributed by atoms with E-state index in [0.717, 1.165) is 0 Å². The van der Waals surface area contributed by atoms with E-state index in [2.05, 4.69) is 66.3 Å². The Balaban J connectivity index is 3.34. The molecule has 0 aliphatic heterocycles. The lowest BCUT2D eigenvalue weighted by Gasteiger charge is -2.26. The molecule has 0 nitrogen and oxygen atoms in total. The molecular weight excluding hydrogens is 192 g/mol. The van der Waals surface area contributed by atoms with Crippen LogP contribution in [0.25, 0.3) is 0 Å². The molecule has 0 radical (unpaired) electrons. The largest absolute Gasteiger partial charge is 0.102 e. The molecule has 0 amide bonds. The number of aryl methyl sites for hydroxylation is 1. The zero-order chi connectivity index (χ0) is 12.6. The minimum absolute atomic E-state index is 0.0476. The van der Waals surface area contributed by atoms with Gasteiger partial charge in [-0.2, -0.15) is 0 Å². The molecule has 0 unspecified atom stereocenters. The minimum Gasteiger partial charge on any atom is -0.102 e. The Morgan fingerprint density at radius 2 is 1.44 bits per heavy atom. The van der Waals surface area contributed by atoms with Crippen LogP contribution in [0.1, 0.15) is 51.3 Å². The van der Waals surface area contributed by atoms with Crippen molar-refractivity contribution < 1.29 is 0 Å². The summed E-state index contributed by atoms with van der Waals surface area (Å²) in [5.41, 5.74) is 4.34. The van der Waals surface area contributed by atoms with Crippen LogP contribution >= 0.6 is 0 Å². The van der Waals surface area contributed by atoms with Crippen molar-refractivity contribution in [2.24, 2.45) is 0 Å². The van der Waals surface area contributed by atoms with Crippen LogP contribution in [-0.2, 0) is 10.8 Å². The van der Waals surface area contributed by atoms with Gasteiger partial charge in [-0.05, 0) is 23.5 Å². The first-order valence-electron chi connectivity index (χ1n) is 5.93. The molecule has 16 heavy (non-hydrogen) atoms. The molecule has 0 aromatic heterocycles. The first kappa shape index (κ1) is 13.0. The van der Waals surface area contributed by atoms with E-state index in [4.69, 9.17) is 0 Å². The average molecular weight is 216 g/mol. The topological polar surface area (TPSA) is 0 Å². The fourth-order valence-corrected chi connectivity index (χ4v) is 1.71. The third-order valence-corrected chi connectivity index (χ3v) is 3.20. The van der Waals surface area contributed by atoms with Crippen LogP contribution in [0.3, 0.4) is 0 Å². The summed E-state index contributed by atoms with van der Waals surface area (Å²) in [4.78, 5) is 0. The first-order valence-corrected chi connectivity index (χ1v) is 5.93. The van der Waals surface area contributed by atoms with Crippen LogP contribution in [0.4, 0.5) is 0 Å². The summed E-state index contributed by atoms with van der Waals surface area (Å²) >= 11 is 0. The van der Waals surface area contributed by atoms with E-state index in [-0.39, 0.29) is 10.8 Å². The molecule has 0 bridgehead atoms. The molecule has 1 rings (SSSR count). The van der Waals surface area contributed by atoms with Crippen molar-refractivity contribution in [3.8, 4) is 0 Å². The summed E-state index contributed by atoms with van der Waals surface area (Å²) in [5, 5.41) is 0. The Bertz CT molecular complexity index is 389. The number of benzene rings is 1. The van der Waals surface area contributed by atoms with Gasteiger partial charge in [0.2, 0.25) is 0 Å². The first-order chi connectivity index (χ1) is 7.16. The SMILES string of the molecule is C=CC(C)(C)c1cc(C)cc(C(C)(C)C)c1. The van der Waals surface area contributed by atoms with Gasteiger partial charge in [0.25, 0.3) is 0 Å². The molecule has 88 valence electrons. The molecule has 1 aromatic carbocycles. The lowest BCUT2D eigenvalue weighted by molar-refractivity contribution is 0.583. The highest BCUT2D eigenvalue weighted by Gasteiger charge is 2.20. The summed E-state index contributed by atoms with van der Waals surface area (Å²) in [7, 11) is 0. The van der Waals surface area contributed by atoms with Gasteiger partial charge in [0.1, 0.15) is 0 Å². The summed E-state index contributed by atoms with van der Waals surface area (Å²) in [6.07, 6.45) is 2.02. The summed E-state index contributed by atoms with van der Waals surface area (Å²) in [5.74, 6) is 0. The van der Waals surface area contributed by atoms with Gasteiger partial charge in [-0.1, -0.05) is 64.5 Å². The van der Waals surface area contributed by atoms with Gasteiger partial charge < -0.3 is 0 Å². The van der Waals surface area contributed by atoms with E-state index in [1.807, 2.05) is 6.08 Å². The fourth-order valence-electron chi connectivity index (χ4n) is 1.71. The standard InChI is InChI=1S/C16H24/c1-8-16(6,7)14-10-12(2)9-13(11-14)15(3,4)5/h8-11H,1H2,2-7H3. The number of allylic oxidation sites excluding steroid dienone is 1. The molecule has 0 saturated heterocycles. The highest BCUT2D eigenvalue weighted by atomic mass is 14.2. The molecule has 0 atom stereocenters. The van der Waals surface area contributed by atoms with Crippen molar-refractivity contribution >= 4 is 0 Å². The van der Waals surface area contributed by atoms with E-state index in [0.29, 0.717) is 0 Å². The van der Waals surface area contributed by atoms with E-state index in [9.17, 15) is 0 Å². The lowest BCUT2D eigenvalue weighted by atomic mass is 9.79. The molecule has 0 saturated carbocycles. The van der Waals surface area contributed by atoms with Crippen molar-refractivity contribution in [3.63, 3.8) is 0 Å². The fraction of sp³-hybridized carbons (Fsp3) is 0.500. The van der Waals surface area contributed by atoms with Gasteiger partial charge in [0.05, 0.1) is 0 Å². The normalized spacial score (nSPS) is 12.6. The van der Waals surface area contributed by atoms with Gasteiger partial charge in [-0.25, -0.2) is 0 Å². The van der Waals surface area contributed by atoms with Crippen molar-refractivity contribution in [2.75, 3.05) is 0 Å². The average Bonchev–Trinajstić information content (AvgIpc) is 2.15. The maximum absolute atomic E-state index is 3.93. The molecule has 0 N–H and O–H groups in total. The lowest BCUT2D eigenvalue weighted by Crippen LogP contribution is -2.17. The van der Waals surface area contributed by atoms with E-state index in [1.54, 1.807) is 0 Å². The molecule has 0 fully saturated rings. The highest BCUT2D eigenvalue weighted by Crippen LogP contribution is 2.30. The van der Waals surface area contributed by atoms with E-state index < -0.39 is 0 Å². The van der Waals surface area contributed by atoms with Crippen LogP contribution in [0.15, 0.2) is 30.9 Å². The van der Waals surface area contributed by atoms with Gasteiger partial charge in [0, 0.05) is 5.41 Å². The van der Waals surface area contributed by atoms with Crippen molar-refractivity contribution in [2.45, 2.75) is 52.4 Å². The van der Waals surface area contributed by atoms with E-state index in [1.165, 1.54) is 16.7 Å². The predicted molar refractivity (Wildman–Crippen MR) is 73.1 cm³/mol. The Kier molecular flexibility index (Phi) is 3.33. The van der Waals surface area contributed by atoms with Gasteiger partial charge in [-0.3, -0.25) is 0 Å². The van der Waals surface area contributed by atoms with Crippen LogP contribution in [0.5, 0.6) is 0 Å². The molecule has 0 heteroatoms. The second-order valence-corrected chi connectivity index (χ2v) is 6.26. The van der Waals surface area contributed by atoms with Gasteiger partial charge >= 0.3 is 0 Å². The predicted octanol–water partition coefficient (Wildman–Crippen LogP) is 4.76. The minimum atomic E-state index is 0.0476. The summed E-state index contributed by atoms with van der Waals surface area (Å²) in [6.45, 7) is 17.3. The Labute approximate surface area is 100 Å². The van der Waals surface area contributed by atoms with Crippen LogP contribution < -0.4 is 0 Å². The summed E-state index contributed by atoms with van der Waals surface area (Å²) < 4.78 is 0. The molecule has 0 heterocycles. The second-order valence-electron chi connectivity index (χ2n) is 6.26. The maximum atomic E-state index is 3.93. The third kappa shape index (κ3) is 2.75. The molecule has 1 aromatic rings. The van der Waals surface area contributed by atoms with Crippen LogP contribution in [0.2, 0.25) is 0 Å². The quantitative estimate of drug-likeness (QED) is 0.625. The van der Waals surface area contributed by atoms with E-state index >= 15 is 0 Å². The highest BCUT2D eigenvalue weighted by molar-refractivity contribution is 5.38. The van der Waals surface area contributed by atoms with Gasteiger partial charge in [0.15, 0.2) is 0 Å². The molecule has 0 aliphatic rings. The van der Waals surface area contributed by atoms with Crippen molar-refractivity contribution in [3.05, 3.63) is 47.5 Å². The van der Waals surface area contributed by atoms with Crippen LogP contribution in [-0.4, -0.2) is 0 Å². The molecule has 0 spiro atoms. The zero-order valence-corrected chi connectivity index (χ0v) is 11.5.